The summed E-state index contributed by atoms with van der Waals surface area (Å²) in [5, 5.41) is 3.43. The Balaban J connectivity index is 2.24. The van der Waals surface area contributed by atoms with Gasteiger partial charge in [-0.1, -0.05) is 25.5 Å². The molecular weight excluding hydrogens is 272 g/mol. The zero-order chi connectivity index (χ0) is 16.1. The molecule has 0 saturated carbocycles. The molecule has 0 amide bonds. The predicted molar refractivity (Wildman–Crippen MR) is 94.1 cm³/mol. The lowest BCUT2D eigenvalue weighted by Crippen LogP contribution is -2.21. The first-order valence-corrected chi connectivity index (χ1v) is 7.90. The average molecular weight is 298 g/mol. The van der Waals surface area contributed by atoms with E-state index in [1.165, 1.54) is 17.5 Å². The number of nitrogens with zero attached hydrogens (tertiary/aromatic N) is 3. The smallest absolute Gasteiger partial charge is 0.227 e. The molecule has 0 aliphatic heterocycles. The van der Waals surface area contributed by atoms with Gasteiger partial charge in [0.2, 0.25) is 5.95 Å². The summed E-state index contributed by atoms with van der Waals surface area (Å²) in [6.07, 6.45) is 2.32. The molecule has 0 radical (unpaired) electrons. The summed E-state index contributed by atoms with van der Waals surface area (Å²) in [5.74, 6) is 1.63. The van der Waals surface area contributed by atoms with E-state index in [1.807, 2.05) is 20.0 Å². The monoisotopic (exact) mass is 298 g/mol. The Morgan fingerprint density at radius 1 is 1.09 bits per heavy atom. The Bertz CT molecular complexity index is 637. The number of benzene rings is 1. The quantitative estimate of drug-likeness (QED) is 0.859. The first-order chi connectivity index (χ1) is 10.5. The molecule has 0 atom stereocenters. The molecule has 2 aromatic rings. The van der Waals surface area contributed by atoms with Crippen molar-refractivity contribution in [1.29, 1.82) is 0 Å². The van der Waals surface area contributed by atoms with Crippen molar-refractivity contribution in [1.82, 2.24) is 9.97 Å². The third-order valence-corrected chi connectivity index (χ3v) is 3.69. The van der Waals surface area contributed by atoms with Gasteiger partial charge < -0.3 is 10.2 Å². The number of nitrogens with one attached hydrogen (secondary N) is 1. The summed E-state index contributed by atoms with van der Waals surface area (Å²) in [6.45, 7) is 9.37. The van der Waals surface area contributed by atoms with E-state index in [-0.39, 0.29) is 0 Å². The van der Waals surface area contributed by atoms with E-state index in [9.17, 15) is 0 Å². The lowest BCUT2D eigenvalue weighted by molar-refractivity contribution is 0.749. The number of hydrogen-bond acceptors (Lipinski definition) is 4. The van der Waals surface area contributed by atoms with Crippen LogP contribution in [0.15, 0.2) is 24.3 Å². The van der Waals surface area contributed by atoms with Crippen molar-refractivity contribution in [3.63, 3.8) is 0 Å². The highest BCUT2D eigenvalue weighted by Gasteiger charge is 2.08. The van der Waals surface area contributed by atoms with Gasteiger partial charge in [-0.2, -0.15) is 4.98 Å². The molecule has 0 spiro atoms. The van der Waals surface area contributed by atoms with Crippen LogP contribution in [0.5, 0.6) is 0 Å². The molecule has 1 aromatic heterocycles. The van der Waals surface area contributed by atoms with Crippen LogP contribution in [0.3, 0.4) is 0 Å². The maximum atomic E-state index is 4.66. The molecule has 0 unspecified atom stereocenters. The minimum atomic E-state index is 0.779. The SMILES string of the molecule is CCCCN(C)c1nc(C)cc(Nc2cc(C)ccc2C)n1. The largest absolute Gasteiger partial charge is 0.344 e. The van der Waals surface area contributed by atoms with Crippen LogP contribution in [0.1, 0.15) is 36.6 Å². The fourth-order valence-corrected chi connectivity index (χ4v) is 2.29. The molecule has 0 aliphatic carbocycles. The Kier molecular flexibility index (Phi) is 5.36. The van der Waals surface area contributed by atoms with Crippen LogP contribution in [-0.4, -0.2) is 23.6 Å². The van der Waals surface area contributed by atoms with Gasteiger partial charge in [0.1, 0.15) is 5.82 Å². The van der Waals surface area contributed by atoms with Crippen molar-refractivity contribution < 1.29 is 0 Å². The van der Waals surface area contributed by atoms with Crippen molar-refractivity contribution >= 4 is 17.5 Å². The molecule has 0 saturated heterocycles. The van der Waals surface area contributed by atoms with Crippen LogP contribution in [0, 0.1) is 20.8 Å². The molecule has 22 heavy (non-hydrogen) atoms. The van der Waals surface area contributed by atoms with Gasteiger partial charge in [0.05, 0.1) is 0 Å². The number of hydrogen-bond donors (Lipinski definition) is 1. The average Bonchev–Trinajstić information content (AvgIpc) is 2.48. The topological polar surface area (TPSA) is 41.1 Å². The van der Waals surface area contributed by atoms with Gasteiger partial charge in [-0.3, -0.25) is 0 Å². The van der Waals surface area contributed by atoms with E-state index in [4.69, 9.17) is 0 Å². The molecule has 4 heteroatoms. The highest BCUT2D eigenvalue weighted by Crippen LogP contribution is 2.22. The number of aromatic nitrogens is 2. The van der Waals surface area contributed by atoms with Gasteiger partial charge in [0.25, 0.3) is 0 Å². The fraction of sp³-hybridized carbons (Fsp3) is 0.444. The Morgan fingerprint density at radius 2 is 1.86 bits per heavy atom. The number of aryl methyl sites for hydroxylation is 3. The van der Waals surface area contributed by atoms with Crippen LogP contribution in [0.25, 0.3) is 0 Å². The fourth-order valence-electron chi connectivity index (χ4n) is 2.29. The van der Waals surface area contributed by atoms with Crippen LogP contribution >= 0.6 is 0 Å². The highest BCUT2D eigenvalue weighted by molar-refractivity contribution is 5.62. The van der Waals surface area contributed by atoms with Crippen LogP contribution in [0.4, 0.5) is 17.5 Å². The van der Waals surface area contributed by atoms with Crippen molar-refractivity contribution in [3.8, 4) is 0 Å². The van der Waals surface area contributed by atoms with Gasteiger partial charge in [0.15, 0.2) is 0 Å². The minimum absolute atomic E-state index is 0.779. The summed E-state index contributed by atoms with van der Waals surface area (Å²) < 4.78 is 0. The van der Waals surface area contributed by atoms with E-state index in [2.05, 4.69) is 59.2 Å². The second-order valence-corrected chi connectivity index (χ2v) is 5.91. The van der Waals surface area contributed by atoms with Crippen LogP contribution in [-0.2, 0) is 0 Å². The summed E-state index contributed by atoms with van der Waals surface area (Å²) in [7, 11) is 2.05. The maximum Gasteiger partial charge on any atom is 0.227 e. The Hall–Kier alpha value is -2.10. The molecule has 1 heterocycles. The second kappa shape index (κ2) is 7.25. The number of unbranched alkanes of at least 4 members (excludes halogenated alkanes) is 1. The van der Waals surface area contributed by atoms with Gasteiger partial charge in [-0.25, -0.2) is 4.98 Å². The third-order valence-electron chi connectivity index (χ3n) is 3.69. The number of anilines is 3. The summed E-state index contributed by atoms with van der Waals surface area (Å²) in [6, 6.07) is 8.38. The third kappa shape index (κ3) is 4.20. The molecule has 0 bridgehead atoms. The highest BCUT2D eigenvalue weighted by atomic mass is 15.2. The summed E-state index contributed by atoms with van der Waals surface area (Å²) in [4.78, 5) is 11.3. The van der Waals surface area contributed by atoms with E-state index >= 15 is 0 Å². The Labute approximate surface area is 133 Å². The second-order valence-electron chi connectivity index (χ2n) is 5.91. The zero-order valence-corrected chi connectivity index (χ0v) is 14.3. The van der Waals surface area contributed by atoms with E-state index < -0.39 is 0 Å². The lowest BCUT2D eigenvalue weighted by atomic mass is 10.1. The molecule has 1 N–H and O–H groups in total. The van der Waals surface area contributed by atoms with Gasteiger partial charge in [-0.05, 0) is 44.4 Å². The van der Waals surface area contributed by atoms with E-state index in [0.717, 1.165) is 36.1 Å². The molecule has 2 rings (SSSR count). The molecule has 118 valence electrons. The normalized spacial score (nSPS) is 10.6. The molecule has 1 aromatic carbocycles. The van der Waals surface area contributed by atoms with E-state index in [0.29, 0.717) is 0 Å². The summed E-state index contributed by atoms with van der Waals surface area (Å²) in [5.41, 5.74) is 4.52. The van der Waals surface area contributed by atoms with Crippen molar-refractivity contribution in [3.05, 3.63) is 41.1 Å². The summed E-state index contributed by atoms with van der Waals surface area (Å²) >= 11 is 0. The molecular formula is C18H26N4. The maximum absolute atomic E-state index is 4.66. The van der Waals surface area contributed by atoms with Crippen molar-refractivity contribution in [2.75, 3.05) is 23.8 Å². The van der Waals surface area contributed by atoms with Gasteiger partial charge in [0, 0.05) is 31.0 Å². The van der Waals surface area contributed by atoms with Crippen molar-refractivity contribution in [2.24, 2.45) is 0 Å². The minimum Gasteiger partial charge on any atom is -0.344 e. The first kappa shape index (κ1) is 16.3. The molecule has 0 aliphatic rings. The zero-order valence-electron chi connectivity index (χ0n) is 14.3. The van der Waals surface area contributed by atoms with Gasteiger partial charge in [-0.15, -0.1) is 0 Å². The predicted octanol–water partition coefficient (Wildman–Crippen LogP) is 4.38. The lowest BCUT2D eigenvalue weighted by Gasteiger charge is -2.18. The van der Waals surface area contributed by atoms with E-state index in [1.54, 1.807) is 0 Å². The van der Waals surface area contributed by atoms with Crippen molar-refractivity contribution in [2.45, 2.75) is 40.5 Å². The molecule has 0 fully saturated rings. The molecule has 4 nitrogen and oxygen atoms in total. The number of rotatable bonds is 6. The van der Waals surface area contributed by atoms with Crippen LogP contribution in [0.2, 0.25) is 0 Å². The van der Waals surface area contributed by atoms with Crippen LogP contribution < -0.4 is 10.2 Å². The Morgan fingerprint density at radius 3 is 2.59 bits per heavy atom. The first-order valence-electron chi connectivity index (χ1n) is 7.90. The van der Waals surface area contributed by atoms with Gasteiger partial charge >= 0.3 is 0 Å². The standard InChI is InChI=1S/C18H26N4/c1-6-7-10-22(5)18-19-15(4)12-17(21-18)20-16-11-13(2)8-9-14(16)3/h8-9,11-12H,6-7,10H2,1-5H3,(H,19,20,21).